The van der Waals surface area contributed by atoms with Crippen molar-refractivity contribution in [1.29, 1.82) is 0 Å². The Kier molecular flexibility index (Phi) is 40.3. The van der Waals surface area contributed by atoms with Gasteiger partial charge in [-0.3, -0.25) is 48.2 Å². The van der Waals surface area contributed by atoms with E-state index in [4.69, 9.17) is 5.73 Å². The highest BCUT2D eigenvalue weighted by Crippen LogP contribution is 2.17. The zero-order valence-corrected chi connectivity index (χ0v) is 61.8. The third-order valence-corrected chi connectivity index (χ3v) is 20.1. The van der Waals surface area contributed by atoms with Crippen LogP contribution >= 0.6 is 0 Å². The summed E-state index contributed by atoms with van der Waals surface area (Å²) in [5.74, 6) is -3.98. The van der Waals surface area contributed by atoms with E-state index < -0.39 is 53.7 Å². The van der Waals surface area contributed by atoms with E-state index in [1.165, 1.54) is 12.1 Å². The fraction of sp³-hybridized carbons (Fsp3) is 0.726. The summed E-state index contributed by atoms with van der Waals surface area (Å²) in [6.07, 6.45) is 2.39. The highest BCUT2D eigenvalue weighted by Gasteiger charge is 2.33. The molecular weight excluding hydrogens is 1240 g/mol. The van der Waals surface area contributed by atoms with Gasteiger partial charge in [0.05, 0.1) is 0 Å². The molecule has 2 aliphatic rings. The van der Waals surface area contributed by atoms with E-state index in [-0.39, 0.29) is 99.6 Å². The third kappa shape index (κ3) is 31.9. The Balaban J connectivity index is 1.43. The molecule has 2 heterocycles. The monoisotopic (exact) mass is 1370 g/mol. The van der Waals surface area contributed by atoms with Gasteiger partial charge >= 0.3 is 0 Å². The summed E-state index contributed by atoms with van der Waals surface area (Å²) in [6.45, 7) is 45.2. The lowest BCUT2D eigenvalue weighted by Crippen LogP contribution is -2.58. The van der Waals surface area contributed by atoms with Crippen LogP contribution in [0.1, 0.15) is 151 Å². The molecule has 0 aliphatic carbocycles. The van der Waals surface area contributed by atoms with Gasteiger partial charge in [-0.25, -0.2) is 0 Å². The van der Waals surface area contributed by atoms with Crippen LogP contribution in [-0.2, 0) is 57.9 Å². The van der Waals surface area contributed by atoms with Crippen LogP contribution < -0.4 is 43.0 Å². The minimum Gasteiger partial charge on any atom is -0.508 e. The van der Waals surface area contributed by atoms with Gasteiger partial charge in [0.2, 0.25) is 47.3 Å². The quantitative estimate of drug-likeness (QED) is 0.0470. The van der Waals surface area contributed by atoms with Gasteiger partial charge in [0, 0.05) is 169 Å². The van der Waals surface area contributed by atoms with Crippen LogP contribution in [0.15, 0.2) is 48.5 Å². The largest absolute Gasteiger partial charge is 0.508 e. The van der Waals surface area contributed by atoms with Crippen molar-refractivity contribution >= 4 is 47.3 Å². The number of amides is 8. The topological polar surface area (TPSA) is 293 Å². The second-order valence-corrected chi connectivity index (χ2v) is 26.7. The normalized spacial score (nSPS) is 18.5. The molecule has 0 spiro atoms. The van der Waals surface area contributed by atoms with E-state index in [1.54, 1.807) is 38.1 Å². The Bertz CT molecular complexity index is 2640. The number of phenols is 1. The van der Waals surface area contributed by atoms with Crippen molar-refractivity contribution in [3.05, 3.63) is 65.2 Å². The number of rotatable bonds is 37. The van der Waals surface area contributed by atoms with E-state index in [0.717, 1.165) is 150 Å². The predicted molar refractivity (Wildman–Crippen MR) is 389 cm³/mol. The standard InChI is InChI=1S/C73H128N16O9/c1-12-55(9)69(81-72(97)64(79-66(92)13-2)52-58-26-28-61(90)29-27-58)73(98)80-62(30-31-65(74)91)70(95)76-53-59-22-24-60(25-23-59)54-77-71(96)63(78-68(94)33-21-57(11)89-50-46-86(18-7)42-38-83(15-4)39-43-87(19-8)47-51-89)34-35-75-67(93)32-20-56(10)88-48-44-84(16-5)40-36-82(14-3)37-41-85(17-6)45-49-88/h22-29,55-57,62-64,69,90H,12-21,30-54H2,1-11H3,(H2,74,91)(H,75,93)(H,76,95)(H,77,96)(H,78,94)(H,79,92)(H,80,98)(H,81,97)/t55?,56?,57?,62-,63-,64-,69-/m0/s1. The maximum atomic E-state index is 14.3. The van der Waals surface area contributed by atoms with Crippen molar-refractivity contribution < 1.29 is 43.5 Å². The average molecular weight is 1370 g/mol. The van der Waals surface area contributed by atoms with Crippen molar-refractivity contribution in [2.45, 2.75) is 190 Å². The zero-order valence-electron chi connectivity index (χ0n) is 61.8. The van der Waals surface area contributed by atoms with Crippen LogP contribution in [0.3, 0.4) is 0 Å². The Hall–Kier alpha value is -6.32. The van der Waals surface area contributed by atoms with Crippen molar-refractivity contribution in [2.75, 3.05) is 151 Å². The molecule has 0 saturated carbocycles. The molecule has 554 valence electrons. The molecule has 4 rings (SSSR count). The highest BCUT2D eigenvalue weighted by atomic mass is 16.3. The van der Waals surface area contributed by atoms with Gasteiger partial charge in [-0.15, -0.1) is 0 Å². The van der Waals surface area contributed by atoms with Crippen LogP contribution in [0.2, 0.25) is 0 Å². The number of carbonyl (C=O) groups excluding carboxylic acids is 8. The first-order chi connectivity index (χ1) is 47.0. The molecule has 2 aromatic carbocycles. The van der Waals surface area contributed by atoms with E-state index in [2.05, 4.69) is 132 Å². The molecule has 8 amide bonds. The van der Waals surface area contributed by atoms with Crippen molar-refractivity contribution in [3.8, 4) is 5.75 Å². The molecule has 2 saturated heterocycles. The summed E-state index contributed by atoms with van der Waals surface area (Å²) in [6, 6.07) is 9.45. The Morgan fingerprint density at radius 3 is 1.17 bits per heavy atom. The van der Waals surface area contributed by atoms with Gasteiger partial charge in [0.25, 0.3) is 0 Å². The molecule has 2 fully saturated rings. The summed E-state index contributed by atoms with van der Waals surface area (Å²) in [7, 11) is 0. The van der Waals surface area contributed by atoms with Crippen LogP contribution in [0, 0.1) is 5.92 Å². The fourth-order valence-corrected chi connectivity index (χ4v) is 12.5. The van der Waals surface area contributed by atoms with E-state index >= 15 is 0 Å². The molecular formula is C73H128N16O9. The first-order valence-corrected chi connectivity index (χ1v) is 37.0. The molecule has 3 unspecified atom stereocenters. The molecule has 98 heavy (non-hydrogen) atoms. The maximum absolute atomic E-state index is 14.3. The van der Waals surface area contributed by atoms with E-state index in [1.807, 2.05) is 19.1 Å². The maximum Gasteiger partial charge on any atom is 0.243 e. The number of phenolic OH excluding ortho intramolecular Hbond substituents is 1. The number of nitrogens with zero attached hydrogens (tertiary/aromatic N) is 8. The summed E-state index contributed by atoms with van der Waals surface area (Å²) >= 11 is 0. The average Bonchev–Trinajstić information content (AvgIpc) is 0.905. The molecule has 0 aromatic heterocycles. The summed E-state index contributed by atoms with van der Waals surface area (Å²) in [4.78, 5) is 129. The molecule has 2 aromatic rings. The lowest BCUT2D eigenvalue weighted by Gasteiger charge is -2.36. The number of hydrogen-bond donors (Lipinski definition) is 9. The number of carbonyl (C=O) groups is 8. The number of benzene rings is 2. The van der Waals surface area contributed by atoms with Gasteiger partial charge in [-0.1, -0.05) is 105 Å². The number of hydrogen-bond acceptors (Lipinski definition) is 17. The summed E-state index contributed by atoms with van der Waals surface area (Å²) in [5.41, 5.74) is 7.63. The van der Waals surface area contributed by atoms with Crippen LogP contribution in [-0.4, -0.2) is 278 Å². The molecule has 0 bridgehead atoms. The van der Waals surface area contributed by atoms with Gasteiger partial charge in [0.15, 0.2) is 0 Å². The smallest absolute Gasteiger partial charge is 0.243 e. The minimum atomic E-state index is -1.20. The molecule has 25 nitrogen and oxygen atoms in total. The predicted octanol–water partition coefficient (Wildman–Crippen LogP) is 2.93. The fourth-order valence-electron chi connectivity index (χ4n) is 12.5. The van der Waals surface area contributed by atoms with Crippen LogP contribution in [0.4, 0.5) is 0 Å². The minimum absolute atomic E-state index is 0.0424. The third-order valence-electron chi connectivity index (χ3n) is 20.1. The van der Waals surface area contributed by atoms with E-state index in [9.17, 15) is 43.5 Å². The zero-order chi connectivity index (χ0) is 71.9. The van der Waals surface area contributed by atoms with Gasteiger partial charge in [0.1, 0.15) is 29.9 Å². The molecule has 25 heteroatoms. The van der Waals surface area contributed by atoms with Crippen molar-refractivity contribution in [3.63, 3.8) is 0 Å². The Morgan fingerprint density at radius 1 is 0.408 bits per heavy atom. The van der Waals surface area contributed by atoms with Crippen molar-refractivity contribution in [2.24, 2.45) is 11.7 Å². The van der Waals surface area contributed by atoms with Gasteiger partial charge in [-0.2, -0.15) is 0 Å². The first kappa shape index (κ1) is 84.1. The van der Waals surface area contributed by atoms with Crippen LogP contribution in [0.5, 0.6) is 5.75 Å². The Labute approximate surface area is 587 Å². The number of likely N-dealkylation sites (N-methyl/N-ethyl adjacent to an activating group) is 6. The number of primary amides is 1. The number of nitrogens with two attached hydrogens (primary N) is 1. The lowest BCUT2D eigenvalue weighted by atomic mass is 9.96. The Morgan fingerprint density at radius 2 is 0.786 bits per heavy atom. The lowest BCUT2D eigenvalue weighted by molar-refractivity contribution is -0.135. The van der Waals surface area contributed by atoms with Crippen molar-refractivity contribution in [1.82, 2.24) is 76.4 Å². The first-order valence-electron chi connectivity index (χ1n) is 37.0. The number of nitrogens with one attached hydrogen (secondary N) is 7. The second-order valence-electron chi connectivity index (χ2n) is 26.7. The molecule has 7 atom stereocenters. The van der Waals surface area contributed by atoms with Gasteiger partial charge in [-0.05, 0) is 114 Å². The second kappa shape index (κ2) is 46.9. The van der Waals surface area contributed by atoms with Crippen LogP contribution in [0.25, 0.3) is 0 Å². The van der Waals surface area contributed by atoms with Gasteiger partial charge < -0.3 is 77.5 Å². The SMILES string of the molecule is CCC(=O)N[C@@H](Cc1ccc(O)cc1)C(=O)N[C@H](C(=O)N[C@@H](CCC(N)=O)C(=O)NCc1ccc(CNC(=O)[C@H](CCNC(=O)CCC(C)N2CCN(CC)CCN(CC)CCN(CC)CC2)NC(=O)CCC(C)N2CCN(CC)CCN(CC)CCN(CC)CC2)cc1)C(C)CC. The molecule has 0 radical (unpaired) electrons. The molecule has 10 N–H and O–H groups in total. The number of aromatic hydroxyl groups is 1. The van der Waals surface area contributed by atoms with E-state index in [0.29, 0.717) is 36.8 Å². The summed E-state index contributed by atoms with van der Waals surface area (Å²) < 4.78 is 0. The highest BCUT2D eigenvalue weighted by molar-refractivity contribution is 5.95. The summed E-state index contributed by atoms with van der Waals surface area (Å²) in [5, 5.41) is 30.1. The molecule has 2 aliphatic heterocycles.